The maximum atomic E-state index is 10.1. The summed E-state index contributed by atoms with van der Waals surface area (Å²) in [5.41, 5.74) is 4.86. The van der Waals surface area contributed by atoms with Crippen LogP contribution in [0.1, 0.15) is 35.5 Å². The van der Waals surface area contributed by atoms with Crippen LogP contribution in [0.5, 0.6) is 0 Å². The summed E-state index contributed by atoms with van der Waals surface area (Å²) < 4.78 is 1.79. The van der Waals surface area contributed by atoms with Crippen LogP contribution in [0, 0.1) is 0 Å². The summed E-state index contributed by atoms with van der Waals surface area (Å²) in [5, 5.41) is 10.1. The number of rotatable bonds is 6. The maximum absolute atomic E-state index is 10.1. The minimum atomic E-state index is -4.77. The van der Waals surface area contributed by atoms with Crippen molar-refractivity contribution < 1.29 is 21.0 Å². The van der Waals surface area contributed by atoms with E-state index in [4.69, 9.17) is 17.0 Å². The number of aliphatic hydroxyl groups excluding tert-OH is 1. The van der Waals surface area contributed by atoms with Gasteiger partial charge in [0.1, 0.15) is 0 Å². The summed E-state index contributed by atoms with van der Waals surface area (Å²) in [6, 6.07) is 18.0. The quantitative estimate of drug-likeness (QED) is 0.424. The van der Waals surface area contributed by atoms with Crippen LogP contribution in [0.2, 0.25) is 25.7 Å². The third kappa shape index (κ3) is 3.84. The fourth-order valence-electron chi connectivity index (χ4n) is 5.21. The van der Waals surface area contributed by atoms with Crippen LogP contribution in [-0.2, 0) is 15.8 Å². The van der Waals surface area contributed by atoms with Crippen molar-refractivity contribution in [3.05, 3.63) is 59.7 Å². The topological polar surface area (TPSA) is 32.3 Å². The van der Waals surface area contributed by atoms with E-state index in [1.54, 1.807) is 0 Å². The second kappa shape index (κ2) is 7.99. The Morgan fingerprint density at radius 3 is 1.83 bits per heavy atom. The molecular weight excluding hydrogens is 513 g/mol. The third-order valence-corrected chi connectivity index (χ3v) is 97.0. The van der Waals surface area contributed by atoms with Crippen molar-refractivity contribution in [2.45, 2.75) is 55.6 Å². The fourth-order valence-corrected chi connectivity index (χ4v) is 97.3. The summed E-state index contributed by atoms with van der Waals surface area (Å²) in [6.07, 6.45) is 0. The monoisotopic (exact) mass is 544 g/mol. The van der Waals surface area contributed by atoms with Crippen molar-refractivity contribution in [3.8, 4) is 11.1 Å². The van der Waals surface area contributed by atoms with Crippen molar-refractivity contribution in [1.82, 2.24) is 3.26 Å². The molecule has 0 radical (unpaired) electrons. The van der Waals surface area contributed by atoms with Crippen LogP contribution >= 0.6 is 17.0 Å². The van der Waals surface area contributed by atoms with E-state index in [0.29, 0.717) is 0 Å². The molecule has 0 fully saturated rings. The van der Waals surface area contributed by atoms with Crippen molar-refractivity contribution in [2.24, 2.45) is 0 Å². The summed E-state index contributed by atoms with van der Waals surface area (Å²) in [5.74, 6) is 0. The molecule has 2 aromatic carbocycles. The zero-order valence-electron chi connectivity index (χ0n) is 18.4. The molecule has 1 atom stereocenters. The summed E-state index contributed by atoms with van der Waals surface area (Å²) in [6.45, 7) is 13.9. The molecule has 0 aliphatic heterocycles. The van der Waals surface area contributed by atoms with Gasteiger partial charge in [-0.05, 0) is 0 Å². The van der Waals surface area contributed by atoms with Crippen LogP contribution < -0.4 is 3.26 Å². The standard InChI is InChI=1S/C13H9.C5H15OSi2.C4H10N.2ClH.Zr/c1-3-7-12-10(5-1)9-11-6-2-4-8-13(11)12;1-7(2)8(3)5-4-6;1-4(2,3)5;;;/h1-9H;6-7H,4-5H2,1-3H3;5H,1-3H3;2*1H;/q;;-1;;;+3/p-2. The van der Waals surface area contributed by atoms with Gasteiger partial charge in [0.15, 0.2) is 0 Å². The van der Waals surface area contributed by atoms with E-state index in [1.165, 1.54) is 22.3 Å². The predicted octanol–water partition coefficient (Wildman–Crippen LogP) is 6.19. The fraction of sp³-hybridized carbons (Fsp3) is 0.455. The van der Waals surface area contributed by atoms with Crippen LogP contribution in [0.15, 0.2) is 48.5 Å². The number of halogens is 2. The molecule has 0 aromatic heterocycles. The van der Waals surface area contributed by atoms with E-state index in [1.807, 2.05) is 0 Å². The average Bonchev–Trinajstić information content (AvgIpc) is 2.95. The van der Waals surface area contributed by atoms with Gasteiger partial charge in [0.25, 0.3) is 0 Å². The van der Waals surface area contributed by atoms with Crippen molar-refractivity contribution >= 4 is 30.1 Å². The zero-order valence-corrected chi connectivity index (χ0v) is 24.5. The van der Waals surface area contributed by atoms with Crippen LogP contribution in [0.3, 0.4) is 0 Å². The van der Waals surface area contributed by atoms with Crippen LogP contribution in [-0.4, -0.2) is 30.3 Å². The first-order chi connectivity index (χ1) is 13.3. The van der Waals surface area contributed by atoms with E-state index in [2.05, 4.69) is 92.2 Å². The molecule has 0 saturated carbocycles. The van der Waals surface area contributed by atoms with Crippen LogP contribution in [0.25, 0.3) is 11.1 Å². The molecule has 29 heavy (non-hydrogen) atoms. The Kier molecular flexibility index (Phi) is 6.59. The van der Waals surface area contributed by atoms with Gasteiger partial charge >= 0.3 is 187 Å². The Labute approximate surface area is 186 Å². The Balaban J connectivity index is 2.40. The number of nitrogens with one attached hydrogen (secondary N) is 1. The molecule has 1 aliphatic rings. The Morgan fingerprint density at radius 1 is 1.00 bits per heavy atom. The molecule has 0 heterocycles. The average molecular weight is 547 g/mol. The van der Waals surface area contributed by atoms with Crippen LogP contribution in [0.4, 0.5) is 0 Å². The predicted molar refractivity (Wildman–Crippen MR) is 131 cm³/mol. The number of aliphatic hydroxyl groups is 1. The van der Waals surface area contributed by atoms with Crippen molar-refractivity contribution in [2.75, 3.05) is 6.61 Å². The van der Waals surface area contributed by atoms with E-state index >= 15 is 0 Å². The van der Waals surface area contributed by atoms with Crippen molar-refractivity contribution in [3.63, 3.8) is 0 Å². The van der Waals surface area contributed by atoms with Gasteiger partial charge in [-0.25, -0.2) is 0 Å². The molecule has 1 unspecified atom stereocenters. The molecular formula is C22H34Cl2NOSi2Zr. The van der Waals surface area contributed by atoms with Gasteiger partial charge < -0.3 is 0 Å². The van der Waals surface area contributed by atoms with Gasteiger partial charge in [-0.2, -0.15) is 0 Å². The first-order valence-corrected chi connectivity index (χ1v) is 30.0. The molecule has 0 spiro atoms. The van der Waals surface area contributed by atoms with E-state index in [9.17, 15) is 5.11 Å². The van der Waals surface area contributed by atoms with Gasteiger partial charge in [-0.15, -0.1) is 0 Å². The normalized spacial score (nSPS) is 18.1. The molecule has 2 aromatic rings. The second-order valence-corrected chi connectivity index (χ2v) is 63.4. The van der Waals surface area contributed by atoms with Gasteiger partial charge in [0, 0.05) is 0 Å². The molecule has 0 amide bonds. The number of benzene rings is 2. The van der Waals surface area contributed by atoms with Gasteiger partial charge in [-0.3, -0.25) is 0 Å². The number of hydrogen-bond donors (Lipinski definition) is 2. The molecule has 0 saturated heterocycles. The number of fused-ring (bicyclic) bond motifs is 3. The molecule has 3 rings (SSSR count). The first kappa shape index (κ1) is 23.9. The molecule has 7 heteroatoms. The van der Waals surface area contributed by atoms with E-state index < -0.39 is 28.9 Å². The summed E-state index contributed by atoms with van der Waals surface area (Å²) in [4.78, 5) is 0. The van der Waals surface area contributed by atoms with Gasteiger partial charge in [0.2, 0.25) is 0 Å². The number of hydrogen-bond acceptors (Lipinski definition) is 2. The molecule has 0 bridgehead atoms. The first-order valence-electron chi connectivity index (χ1n) is 10.5. The molecule has 2 nitrogen and oxygen atoms in total. The Bertz CT molecular complexity index is 870. The Morgan fingerprint density at radius 2 is 1.45 bits per heavy atom. The molecule has 2 N–H and O–H groups in total. The molecule has 1 aliphatic carbocycles. The second-order valence-electron chi connectivity index (χ2n) is 10.1. The third-order valence-electron chi connectivity index (χ3n) is 6.90. The minimum absolute atomic E-state index is 0.0181. The SMILES string of the molecule is C[SiH](C)[Si](C)(CCO)[Zr]([Cl])([Cl])([NH]C(C)(C)C)[CH]1c2ccccc2-c2ccccc21. The Hall–Kier alpha value is 0.257. The molecule has 159 valence electrons. The zero-order chi connectivity index (χ0) is 21.7. The summed E-state index contributed by atoms with van der Waals surface area (Å²) in [7, 11) is 14.9. The summed E-state index contributed by atoms with van der Waals surface area (Å²) >= 11 is -4.77. The van der Waals surface area contributed by atoms with Gasteiger partial charge in [0.05, 0.1) is 0 Å². The van der Waals surface area contributed by atoms with E-state index in [0.717, 1.165) is 6.04 Å². The van der Waals surface area contributed by atoms with Crippen molar-refractivity contribution in [1.29, 1.82) is 0 Å². The van der Waals surface area contributed by atoms with E-state index in [-0.39, 0.29) is 15.8 Å². The van der Waals surface area contributed by atoms with Gasteiger partial charge in [-0.1, -0.05) is 0 Å².